The highest BCUT2D eigenvalue weighted by molar-refractivity contribution is 7.99. The number of hydrogen-bond acceptors (Lipinski definition) is 8. The summed E-state index contributed by atoms with van der Waals surface area (Å²) in [5.41, 5.74) is 4.17. The van der Waals surface area contributed by atoms with Crippen molar-refractivity contribution in [3.05, 3.63) is 65.9 Å². The summed E-state index contributed by atoms with van der Waals surface area (Å²) in [5, 5.41) is 28.4. The zero-order valence-electron chi connectivity index (χ0n) is 18.4. The minimum absolute atomic E-state index is 0.0108. The summed E-state index contributed by atoms with van der Waals surface area (Å²) in [6.07, 6.45) is 1.46. The highest BCUT2D eigenvalue weighted by atomic mass is 32.2. The third kappa shape index (κ3) is 4.11. The van der Waals surface area contributed by atoms with Gasteiger partial charge in [0.15, 0.2) is 5.69 Å². The second-order valence-electron chi connectivity index (χ2n) is 7.71. The molecule has 1 aliphatic rings. The molecule has 1 unspecified atom stereocenters. The van der Waals surface area contributed by atoms with Crippen LogP contribution in [0.1, 0.15) is 37.3 Å². The van der Waals surface area contributed by atoms with Crippen LogP contribution in [0.15, 0.2) is 59.8 Å². The molecule has 8 nitrogen and oxygen atoms in total. The van der Waals surface area contributed by atoms with Crippen molar-refractivity contribution in [3.63, 3.8) is 0 Å². The van der Waals surface area contributed by atoms with E-state index in [1.54, 1.807) is 11.8 Å². The Morgan fingerprint density at radius 2 is 1.88 bits per heavy atom. The standard InChI is InChI=1S/C24H24N6O2S/c1-3-4-14-33-24-26-22-20(27-28-24)17-12-8-9-13-18(17)25-21(32-22)19-15(2)29-30(23(19)31)16-10-6-5-7-11-16/h5-13,21,25,31H,3-4,14H2,1-2H3. The lowest BCUT2D eigenvalue weighted by Crippen LogP contribution is -2.18. The number of nitrogens with one attached hydrogen (secondary N) is 1. The smallest absolute Gasteiger partial charge is 0.247 e. The average molecular weight is 461 g/mol. The molecule has 0 saturated carbocycles. The van der Waals surface area contributed by atoms with Gasteiger partial charge in [0, 0.05) is 17.0 Å². The Kier molecular flexibility index (Phi) is 5.87. The van der Waals surface area contributed by atoms with Crippen LogP contribution in [0.25, 0.3) is 16.9 Å². The lowest BCUT2D eigenvalue weighted by molar-refractivity contribution is 0.219. The van der Waals surface area contributed by atoms with Crippen LogP contribution in [0, 0.1) is 6.92 Å². The fourth-order valence-electron chi connectivity index (χ4n) is 3.73. The summed E-state index contributed by atoms with van der Waals surface area (Å²) in [4.78, 5) is 4.66. The lowest BCUT2D eigenvalue weighted by atomic mass is 10.1. The number of aromatic hydroxyl groups is 1. The van der Waals surface area contributed by atoms with Crippen molar-refractivity contribution in [2.75, 3.05) is 11.1 Å². The quantitative estimate of drug-likeness (QED) is 0.302. The predicted molar refractivity (Wildman–Crippen MR) is 128 cm³/mol. The summed E-state index contributed by atoms with van der Waals surface area (Å²) in [6.45, 7) is 4.00. The highest BCUT2D eigenvalue weighted by Gasteiger charge is 2.31. The lowest BCUT2D eigenvalue weighted by Gasteiger charge is -2.19. The number of nitrogens with zero attached hydrogens (tertiary/aromatic N) is 5. The number of benzene rings is 2. The molecule has 1 aliphatic heterocycles. The van der Waals surface area contributed by atoms with Gasteiger partial charge >= 0.3 is 0 Å². The van der Waals surface area contributed by atoms with Crippen LogP contribution < -0.4 is 10.1 Å². The minimum Gasteiger partial charge on any atom is -0.493 e. The summed E-state index contributed by atoms with van der Waals surface area (Å²) in [6, 6.07) is 17.3. The largest absolute Gasteiger partial charge is 0.493 e. The third-order valence-corrected chi connectivity index (χ3v) is 6.33. The molecular formula is C24H24N6O2S. The molecule has 0 radical (unpaired) electrons. The van der Waals surface area contributed by atoms with Gasteiger partial charge in [0.25, 0.3) is 0 Å². The Balaban J connectivity index is 1.57. The van der Waals surface area contributed by atoms with Gasteiger partial charge in [-0.15, -0.1) is 10.2 Å². The first-order valence-electron chi connectivity index (χ1n) is 10.9. The predicted octanol–water partition coefficient (Wildman–Crippen LogP) is 5.13. The summed E-state index contributed by atoms with van der Waals surface area (Å²) >= 11 is 1.56. The van der Waals surface area contributed by atoms with E-state index in [1.165, 1.54) is 4.68 Å². The monoisotopic (exact) mass is 460 g/mol. The van der Waals surface area contributed by atoms with Crippen molar-refractivity contribution in [2.45, 2.75) is 38.1 Å². The molecule has 9 heteroatoms. The van der Waals surface area contributed by atoms with Crippen LogP contribution in [-0.2, 0) is 0 Å². The Bertz CT molecular complexity index is 1280. The highest BCUT2D eigenvalue weighted by Crippen LogP contribution is 2.42. The molecule has 0 amide bonds. The van der Waals surface area contributed by atoms with Crippen molar-refractivity contribution >= 4 is 17.4 Å². The maximum Gasteiger partial charge on any atom is 0.247 e. The van der Waals surface area contributed by atoms with Crippen LogP contribution >= 0.6 is 11.8 Å². The Morgan fingerprint density at radius 1 is 1.09 bits per heavy atom. The van der Waals surface area contributed by atoms with Gasteiger partial charge in [-0.05, 0) is 31.5 Å². The van der Waals surface area contributed by atoms with Gasteiger partial charge in [0.2, 0.25) is 23.1 Å². The van der Waals surface area contributed by atoms with Crippen molar-refractivity contribution in [2.24, 2.45) is 0 Å². The van der Waals surface area contributed by atoms with Crippen molar-refractivity contribution in [1.82, 2.24) is 25.0 Å². The minimum atomic E-state index is -0.713. The van der Waals surface area contributed by atoms with Crippen LogP contribution in [-0.4, -0.2) is 35.8 Å². The number of fused-ring (bicyclic) bond motifs is 3. The van der Waals surface area contributed by atoms with Crippen molar-refractivity contribution in [3.8, 4) is 28.7 Å². The Morgan fingerprint density at radius 3 is 2.70 bits per heavy atom. The second kappa shape index (κ2) is 9.11. The van der Waals surface area contributed by atoms with Crippen molar-refractivity contribution in [1.29, 1.82) is 0 Å². The maximum atomic E-state index is 11.1. The molecule has 168 valence electrons. The molecular weight excluding hydrogens is 436 g/mol. The number of thioether (sulfide) groups is 1. The maximum absolute atomic E-state index is 11.1. The van der Waals surface area contributed by atoms with E-state index in [-0.39, 0.29) is 5.88 Å². The second-order valence-corrected chi connectivity index (χ2v) is 8.77. The third-order valence-electron chi connectivity index (χ3n) is 5.41. The van der Waals surface area contributed by atoms with Crippen LogP contribution in [0.5, 0.6) is 11.8 Å². The van der Waals surface area contributed by atoms with Gasteiger partial charge in [-0.3, -0.25) is 0 Å². The first-order valence-corrected chi connectivity index (χ1v) is 11.9. The fourth-order valence-corrected chi connectivity index (χ4v) is 4.59. The summed E-state index contributed by atoms with van der Waals surface area (Å²) in [5.74, 6) is 1.30. The molecule has 2 N–H and O–H groups in total. The number of hydrogen-bond donors (Lipinski definition) is 2. The van der Waals surface area contributed by atoms with Gasteiger partial charge in [0.1, 0.15) is 0 Å². The average Bonchev–Trinajstić information content (AvgIpc) is 3.04. The van der Waals surface area contributed by atoms with Gasteiger partial charge in [-0.2, -0.15) is 10.1 Å². The molecule has 2 aromatic heterocycles. The zero-order valence-corrected chi connectivity index (χ0v) is 19.2. The molecule has 4 aromatic rings. The first-order chi connectivity index (χ1) is 16.2. The van der Waals surface area contributed by atoms with Crippen LogP contribution in [0.3, 0.4) is 0 Å². The van der Waals surface area contributed by atoms with E-state index >= 15 is 0 Å². The summed E-state index contributed by atoms with van der Waals surface area (Å²) in [7, 11) is 0. The molecule has 0 bridgehead atoms. The van der Waals surface area contributed by atoms with E-state index < -0.39 is 6.23 Å². The van der Waals surface area contributed by atoms with Gasteiger partial charge in [0.05, 0.1) is 16.9 Å². The van der Waals surface area contributed by atoms with Gasteiger partial charge in [-0.25, -0.2) is 4.68 Å². The van der Waals surface area contributed by atoms with E-state index in [0.29, 0.717) is 28.0 Å². The number of rotatable bonds is 6. The van der Waals surface area contributed by atoms with E-state index in [1.807, 2.05) is 61.5 Å². The van der Waals surface area contributed by atoms with Gasteiger partial charge in [-0.1, -0.05) is 61.5 Å². The number of anilines is 1. The van der Waals surface area contributed by atoms with Crippen LogP contribution in [0.2, 0.25) is 0 Å². The Labute approximate surface area is 196 Å². The normalized spacial score (nSPS) is 14.5. The number of para-hydroxylation sites is 2. The SMILES string of the molecule is CCCCSc1nnc2c(n1)OC(c1c(C)nn(-c3ccccc3)c1O)Nc1ccccc1-2. The van der Waals surface area contributed by atoms with E-state index in [2.05, 4.69) is 32.5 Å². The molecule has 0 fully saturated rings. The van der Waals surface area contributed by atoms with E-state index in [9.17, 15) is 5.11 Å². The molecule has 0 spiro atoms. The van der Waals surface area contributed by atoms with Crippen molar-refractivity contribution < 1.29 is 9.84 Å². The summed E-state index contributed by atoms with van der Waals surface area (Å²) < 4.78 is 7.84. The molecule has 0 aliphatic carbocycles. The molecule has 0 saturated heterocycles. The first kappa shape index (κ1) is 21.3. The molecule has 33 heavy (non-hydrogen) atoms. The number of unbranched alkanes of at least 4 members (excludes halogenated alkanes) is 1. The van der Waals surface area contributed by atoms with Crippen LogP contribution in [0.4, 0.5) is 5.69 Å². The van der Waals surface area contributed by atoms with E-state index in [4.69, 9.17) is 4.74 Å². The number of ether oxygens (including phenoxy) is 1. The molecule has 5 rings (SSSR count). The number of aromatic nitrogens is 5. The topological polar surface area (TPSA) is 98.0 Å². The molecule has 1 atom stereocenters. The Hall–Kier alpha value is -3.59. The van der Waals surface area contributed by atoms with Gasteiger partial charge < -0.3 is 15.2 Å². The fraction of sp³-hybridized carbons (Fsp3) is 0.250. The number of aryl methyl sites for hydroxylation is 1. The molecule has 2 aromatic carbocycles. The zero-order chi connectivity index (χ0) is 22.8. The molecule has 3 heterocycles. The van der Waals surface area contributed by atoms with E-state index in [0.717, 1.165) is 35.5 Å².